The minimum atomic E-state index is -2.84. The lowest BCUT2D eigenvalue weighted by Crippen LogP contribution is -2.26. The summed E-state index contributed by atoms with van der Waals surface area (Å²) >= 11 is 1.64. The lowest BCUT2D eigenvalue weighted by molar-refractivity contribution is 0.596. The first kappa shape index (κ1) is 10.8. The van der Waals surface area contributed by atoms with Crippen LogP contribution in [0.25, 0.3) is 0 Å². The number of aliphatic imine (C=N–C) groups is 1. The van der Waals surface area contributed by atoms with Crippen LogP contribution in [0.5, 0.6) is 0 Å². The zero-order valence-corrected chi connectivity index (χ0v) is 9.25. The van der Waals surface area contributed by atoms with Gasteiger partial charge in [-0.25, -0.2) is 8.42 Å². The molecule has 6 heteroatoms. The molecule has 1 aliphatic heterocycles. The predicted octanol–water partition coefficient (Wildman–Crippen LogP) is 0.114. The molecule has 0 saturated heterocycles. The van der Waals surface area contributed by atoms with E-state index in [0.717, 1.165) is 17.5 Å². The summed E-state index contributed by atoms with van der Waals surface area (Å²) in [4.78, 5) is 4.15. The summed E-state index contributed by atoms with van der Waals surface area (Å²) in [6.07, 6.45) is 0. The maximum Gasteiger partial charge on any atom is 0.156 e. The molecule has 0 aromatic rings. The Labute approximate surface area is 83.1 Å². The molecular weight excluding hydrogens is 208 g/mol. The van der Waals surface area contributed by atoms with Crippen LogP contribution >= 0.6 is 11.8 Å². The second-order valence-corrected chi connectivity index (χ2v) is 6.25. The van der Waals surface area contributed by atoms with Crippen LogP contribution in [0.2, 0.25) is 0 Å². The molecule has 76 valence electrons. The van der Waals surface area contributed by atoms with E-state index in [1.807, 2.05) is 0 Å². The number of hydrogen-bond donors (Lipinski definition) is 1. The molecule has 0 amide bonds. The summed E-state index contributed by atoms with van der Waals surface area (Å²) in [5.74, 6) is 1.42. The zero-order valence-electron chi connectivity index (χ0n) is 7.62. The molecule has 1 heterocycles. The highest BCUT2D eigenvalue weighted by Crippen LogP contribution is 2.08. The number of sulfone groups is 1. The molecule has 0 fully saturated rings. The van der Waals surface area contributed by atoms with E-state index in [4.69, 9.17) is 0 Å². The molecule has 0 spiro atoms. The summed E-state index contributed by atoms with van der Waals surface area (Å²) < 4.78 is 22.2. The quantitative estimate of drug-likeness (QED) is 0.733. The van der Waals surface area contributed by atoms with Crippen molar-refractivity contribution in [1.29, 1.82) is 0 Å². The first-order valence-electron chi connectivity index (χ1n) is 4.25. The van der Waals surface area contributed by atoms with Crippen LogP contribution in [0, 0.1) is 0 Å². The van der Waals surface area contributed by atoms with Gasteiger partial charge in [-0.3, -0.25) is 4.99 Å². The highest BCUT2D eigenvalue weighted by atomic mass is 32.2. The number of hydrogen-bond acceptors (Lipinski definition) is 5. The number of rotatable bonds is 4. The predicted molar refractivity (Wildman–Crippen MR) is 57.1 cm³/mol. The molecule has 13 heavy (non-hydrogen) atoms. The molecule has 0 bridgehead atoms. The van der Waals surface area contributed by atoms with Gasteiger partial charge in [0.2, 0.25) is 0 Å². The molecule has 0 aromatic heterocycles. The summed E-state index contributed by atoms with van der Waals surface area (Å²) in [7, 11) is -2.84. The van der Waals surface area contributed by atoms with Crippen LogP contribution in [0.15, 0.2) is 4.99 Å². The van der Waals surface area contributed by atoms with Crippen molar-refractivity contribution >= 4 is 26.8 Å². The van der Waals surface area contributed by atoms with E-state index < -0.39 is 9.84 Å². The summed E-state index contributed by atoms with van der Waals surface area (Å²) in [5.41, 5.74) is 0. The van der Waals surface area contributed by atoms with E-state index >= 15 is 0 Å². The van der Waals surface area contributed by atoms with Crippen molar-refractivity contribution in [3.05, 3.63) is 0 Å². The highest BCUT2D eigenvalue weighted by molar-refractivity contribution is 8.14. The van der Waals surface area contributed by atoms with Gasteiger partial charge in [-0.05, 0) is 0 Å². The number of nitrogens with one attached hydrogen (secondary N) is 1. The maximum absolute atomic E-state index is 11.1. The minimum absolute atomic E-state index is 0.197. The smallest absolute Gasteiger partial charge is 0.156 e. The van der Waals surface area contributed by atoms with Crippen molar-refractivity contribution in [3.63, 3.8) is 0 Å². The van der Waals surface area contributed by atoms with E-state index in [-0.39, 0.29) is 11.5 Å². The molecule has 1 N–H and O–H groups in total. The number of nitrogens with zero attached hydrogens (tertiary/aromatic N) is 1. The topological polar surface area (TPSA) is 58.5 Å². The fraction of sp³-hybridized carbons (Fsp3) is 0.857. The van der Waals surface area contributed by atoms with Crippen molar-refractivity contribution < 1.29 is 8.42 Å². The lowest BCUT2D eigenvalue weighted by Gasteiger charge is -2.04. The van der Waals surface area contributed by atoms with Crippen LogP contribution in [-0.2, 0) is 9.84 Å². The van der Waals surface area contributed by atoms with Gasteiger partial charge in [0.1, 0.15) is 0 Å². The Morgan fingerprint density at radius 3 is 2.92 bits per heavy atom. The van der Waals surface area contributed by atoms with Gasteiger partial charge in [-0.15, -0.1) is 0 Å². The van der Waals surface area contributed by atoms with Gasteiger partial charge in [-0.2, -0.15) is 0 Å². The van der Waals surface area contributed by atoms with Crippen LogP contribution < -0.4 is 5.32 Å². The van der Waals surface area contributed by atoms with E-state index in [1.54, 1.807) is 18.7 Å². The van der Waals surface area contributed by atoms with Gasteiger partial charge in [-0.1, -0.05) is 18.7 Å². The third-order valence-corrected chi connectivity index (χ3v) is 4.35. The normalized spacial score (nSPS) is 17.2. The average molecular weight is 222 g/mol. The second-order valence-electron chi connectivity index (χ2n) is 2.70. The minimum Gasteiger partial charge on any atom is -0.364 e. The molecule has 0 saturated carbocycles. The molecule has 0 aliphatic carbocycles. The van der Waals surface area contributed by atoms with Gasteiger partial charge in [0.05, 0.1) is 12.3 Å². The first-order valence-corrected chi connectivity index (χ1v) is 7.06. The Morgan fingerprint density at radius 1 is 1.62 bits per heavy atom. The Balaban J connectivity index is 2.21. The lowest BCUT2D eigenvalue weighted by atomic mass is 10.7. The summed E-state index contributed by atoms with van der Waals surface area (Å²) in [6.45, 7) is 2.98. The van der Waals surface area contributed by atoms with Gasteiger partial charge < -0.3 is 5.32 Å². The Bertz CT molecular complexity index is 285. The number of thioether (sulfide) groups is 1. The third kappa shape index (κ3) is 3.99. The second kappa shape index (κ2) is 4.85. The van der Waals surface area contributed by atoms with Crippen molar-refractivity contribution in [2.24, 2.45) is 4.99 Å². The van der Waals surface area contributed by atoms with Crippen molar-refractivity contribution in [2.45, 2.75) is 6.92 Å². The van der Waals surface area contributed by atoms with Gasteiger partial charge in [0, 0.05) is 18.1 Å². The van der Waals surface area contributed by atoms with Gasteiger partial charge in [0.25, 0.3) is 0 Å². The molecular formula is C7H14N2O2S2. The monoisotopic (exact) mass is 222 g/mol. The third-order valence-electron chi connectivity index (χ3n) is 1.71. The molecule has 0 radical (unpaired) electrons. The van der Waals surface area contributed by atoms with E-state index in [1.165, 1.54) is 0 Å². The van der Waals surface area contributed by atoms with Gasteiger partial charge in [0.15, 0.2) is 15.0 Å². The SMILES string of the molecule is CCS(=O)(=O)CCNC1=NCCS1. The Morgan fingerprint density at radius 2 is 2.38 bits per heavy atom. The van der Waals surface area contributed by atoms with Crippen LogP contribution in [0.3, 0.4) is 0 Å². The molecule has 1 rings (SSSR count). The fourth-order valence-electron chi connectivity index (χ4n) is 0.900. The van der Waals surface area contributed by atoms with Crippen molar-refractivity contribution in [2.75, 3.05) is 30.3 Å². The molecule has 0 aromatic carbocycles. The van der Waals surface area contributed by atoms with Crippen LogP contribution in [0.1, 0.15) is 6.92 Å². The van der Waals surface area contributed by atoms with Gasteiger partial charge >= 0.3 is 0 Å². The molecule has 1 aliphatic rings. The summed E-state index contributed by atoms with van der Waals surface area (Å²) in [6, 6.07) is 0. The molecule has 4 nitrogen and oxygen atoms in total. The Hall–Kier alpha value is -0.230. The van der Waals surface area contributed by atoms with Crippen LogP contribution in [0.4, 0.5) is 0 Å². The van der Waals surface area contributed by atoms with E-state index in [0.29, 0.717) is 6.54 Å². The first-order chi connectivity index (χ1) is 6.14. The Kier molecular flexibility index (Phi) is 4.05. The number of amidine groups is 1. The molecule has 0 atom stereocenters. The van der Waals surface area contributed by atoms with Crippen molar-refractivity contribution in [1.82, 2.24) is 5.32 Å². The van der Waals surface area contributed by atoms with Crippen molar-refractivity contribution in [3.8, 4) is 0 Å². The largest absolute Gasteiger partial charge is 0.364 e. The van der Waals surface area contributed by atoms with E-state index in [9.17, 15) is 8.42 Å². The zero-order chi connectivity index (χ0) is 9.73. The summed E-state index contributed by atoms with van der Waals surface area (Å²) in [5, 5.41) is 3.89. The average Bonchev–Trinajstić information content (AvgIpc) is 2.57. The fourth-order valence-corrected chi connectivity index (χ4v) is 2.36. The standard InChI is InChI=1S/C7H14N2O2S2/c1-2-13(10,11)6-4-9-7-8-3-5-12-7/h2-6H2,1H3,(H,8,9). The molecule has 0 unspecified atom stereocenters. The maximum atomic E-state index is 11.1. The van der Waals surface area contributed by atoms with Crippen LogP contribution in [-0.4, -0.2) is 43.9 Å². The van der Waals surface area contributed by atoms with E-state index in [2.05, 4.69) is 10.3 Å². The highest BCUT2D eigenvalue weighted by Gasteiger charge is 2.09.